The molecule has 3 nitrogen and oxygen atoms in total. The van der Waals surface area contributed by atoms with Crippen molar-refractivity contribution in [3.05, 3.63) is 0 Å². The number of hydrogen-bond donors (Lipinski definition) is 0. The van der Waals surface area contributed by atoms with Crippen LogP contribution in [0.15, 0.2) is 0 Å². The lowest BCUT2D eigenvalue weighted by Crippen LogP contribution is -2.39. The first-order valence-corrected chi connectivity index (χ1v) is 6.49. The average molecular weight is 226 g/mol. The predicted octanol–water partition coefficient (Wildman–Crippen LogP) is 1.77. The Bertz CT molecular complexity index is 216. The minimum Gasteiger partial charge on any atom is -0.309 e. The van der Waals surface area contributed by atoms with Crippen LogP contribution < -0.4 is 0 Å². The highest BCUT2D eigenvalue weighted by Gasteiger charge is 2.23. The summed E-state index contributed by atoms with van der Waals surface area (Å²) in [5.74, 6) is 0.463. The van der Waals surface area contributed by atoms with E-state index in [0.29, 0.717) is 5.78 Å². The maximum atomic E-state index is 11.9. The van der Waals surface area contributed by atoms with Crippen molar-refractivity contribution in [3.8, 4) is 0 Å². The maximum Gasteiger partial charge on any atom is 0.149 e. The fraction of sp³-hybridized carbons (Fsp3) is 0.923. The van der Waals surface area contributed by atoms with Crippen molar-refractivity contribution in [2.75, 3.05) is 34.2 Å². The van der Waals surface area contributed by atoms with Crippen LogP contribution in [0.25, 0.3) is 0 Å². The summed E-state index contributed by atoms with van der Waals surface area (Å²) in [7, 11) is 6.29. The van der Waals surface area contributed by atoms with Gasteiger partial charge in [-0.3, -0.25) is 9.69 Å². The normalized spacial score (nSPS) is 22.8. The van der Waals surface area contributed by atoms with Gasteiger partial charge < -0.3 is 4.90 Å². The minimum atomic E-state index is 0.199. The molecule has 0 bridgehead atoms. The second-order valence-electron chi connectivity index (χ2n) is 5.22. The van der Waals surface area contributed by atoms with Crippen LogP contribution in [0, 0.1) is 0 Å². The molecule has 1 atom stereocenters. The van der Waals surface area contributed by atoms with Gasteiger partial charge in [-0.25, -0.2) is 0 Å². The Hall–Kier alpha value is -0.410. The number of Topliss-reactive ketones (excluding diaryl/α,β-unsaturated/α-hetero) is 1. The Balaban J connectivity index is 2.32. The van der Waals surface area contributed by atoms with Crippen molar-refractivity contribution in [1.29, 1.82) is 0 Å². The first-order chi connectivity index (χ1) is 7.61. The van der Waals surface area contributed by atoms with Crippen LogP contribution in [0.1, 0.15) is 38.5 Å². The SMILES string of the molecule is CN(C)CCCN(C)C1CCCCCC1=O. The van der Waals surface area contributed by atoms with Gasteiger partial charge in [-0.05, 0) is 53.5 Å². The van der Waals surface area contributed by atoms with E-state index in [4.69, 9.17) is 0 Å². The molecule has 1 unspecified atom stereocenters. The second-order valence-corrected chi connectivity index (χ2v) is 5.22. The number of nitrogens with zero attached hydrogens (tertiary/aromatic N) is 2. The Labute approximate surface area is 99.8 Å². The molecule has 0 radical (unpaired) electrons. The molecule has 0 heterocycles. The van der Waals surface area contributed by atoms with E-state index in [1.807, 2.05) is 0 Å². The Morgan fingerprint density at radius 2 is 1.88 bits per heavy atom. The summed E-state index contributed by atoms with van der Waals surface area (Å²) in [4.78, 5) is 16.4. The maximum absolute atomic E-state index is 11.9. The number of carbonyl (C=O) groups is 1. The van der Waals surface area contributed by atoms with Gasteiger partial charge in [-0.15, -0.1) is 0 Å². The van der Waals surface area contributed by atoms with Gasteiger partial charge in [0, 0.05) is 6.42 Å². The van der Waals surface area contributed by atoms with Gasteiger partial charge >= 0.3 is 0 Å². The van der Waals surface area contributed by atoms with E-state index in [1.165, 1.54) is 12.8 Å². The molecule has 0 aromatic carbocycles. The highest BCUT2D eigenvalue weighted by Crippen LogP contribution is 2.18. The molecular weight excluding hydrogens is 200 g/mol. The van der Waals surface area contributed by atoms with Crippen molar-refractivity contribution >= 4 is 5.78 Å². The van der Waals surface area contributed by atoms with Crippen molar-refractivity contribution in [1.82, 2.24) is 9.80 Å². The molecule has 16 heavy (non-hydrogen) atoms. The third-order valence-corrected chi connectivity index (χ3v) is 3.42. The summed E-state index contributed by atoms with van der Waals surface area (Å²) >= 11 is 0. The molecule has 1 aliphatic rings. The third-order valence-electron chi connectivity index (χ3n) is 3.42. The van der Waals surface area contributed by atoms with Gasteiger partial charge in [0.25, 0.3) is 0 Å². The first-order valence-electron chi connectivity index (χ1n) is 6.49. The molecule has 0 aliphatic heterocycles. The molecule has 0 spiro atoms. The summed E-state index contributed by atoms with van der Waals surface area (Å²) in [6, 6.07) is 0.199. The first kappa shape index (κ1) is 13.7. The van der Waals surface area contributed by atoms with E-state index in [-0.39, 0.29) is 6.04 Å². The number of rotatable bonds is 5. The fourth-order valence-corrected chi connectivity index (χ4v) is 2.40. The molecule has 1 rings (SSSR count). The van der Waals surface area contributed by atoms with Crippen molar-refractivity contribution in [3.63, 3.8) is 0 Å². The highest BCUT2D eigenvalue weighted by atomic mass is 16.1. The van der Waals surface area contributed by atoms with Crippen LogP contribution >= 0.6 is 0 Å². The summed E-state index contributed by atoms with van der Waals surface area (Å²) in [6.45, 7) is 2.14. The number of likely N-dealkylation sites (N-methyl/N-ethyl adjacent to an activating group) is 1. The largest absolute Gasteiger partial charge is 0.309 e. The molecule has 0 aromatic heterocycles. The average Bonchev–Trinajstić information content (AvgIpc) is 2.42. The van der Waals surface area contributed by atoms with Crippen LogP contribution in [0.2, 0.25) is 0 Å². The van der Waals surface area contributed by atoms with Crippen molar-refractivity contribution in [2.45, 2.75) is 44.6 Å². The lowest BCUT2D eigenvalue weighted by Gasteiger charge is -2.26. The summed E-state index contributed by atoms with van der Waals surface area (Å²) < 4.78 is 0. The van der Waals surface area contributed by atoms with Crippen molar-refractivity contribution in [2.24, 2.45) is 0 Å². The lowest BCUT2D eigenvalue weighted by atomic mass is 10.1. The zero-order valence-corrected chi connectivity index (χ0v) is 11.0. The van der Waals surface area contributed by atoms with Crippen LogP contribution in [0.5, 0.6) is 0 Å². The zero-order valence-electron chi connectivity index (χ0n) is 11.0. The van der Waals surface area contributed by atoms with E-state index in [1.54, 1.807) is 0 Å². The summed E-state index contributed by atoms with van der Waals surface area (Å²) in [6.07, 6.45) is 6.55. The molecular formula is C13H26N2O. The minimum absolute atomic E-state index is 0.199. The Morgan fingerprint density at radius 3 is 2.56 bits per heavy atom. The standard InChI is InChI=1S/C13H26N2O/c1-14(2)10-7-11-15(3)12-8-5-4-6-9-13(12)16/h12H,4-11H2,1-3H3. The smallest absolute Gasteiger partial charge is 0.149 e. The molecule has 0 N–H and O–H groups in total. The predicted molar refractivity (Wildman–Crippen MR) is 67.7 cm³/mol. The molecule has 1 fully saturated rings. The van der Waals surface area contributed by atoms with E-state index in [2.05, 4.69) is 30.9 Å². The van der Waals surface area contributed by atoms with E-state index < -0.39 is 0 Å². The van der Waals surface area contributed by atoms with Gasteiger partial charge in [0.15, 0.2) is 0 Å². The Kier molecular flexibility index (Phi) is 5.99. The monoisotopic (exact) mass is 226 g/mol. The van der Waals surface area contributed by atoms with Crippen LogP contribution in [-0.2, 0) is 4.79 Å². The number of carbonyl (C=O) groups excluding carboxylic acids is 1. The van der Waals surface area contributed by atoms with Crippen LogP contribution in [-0.4, -0.2) is 55.9 Å². The molecule has 1 aliphatic carbocycles. The third kappa shape index (κ3) is 4.62. The molecule has 3 heteroatoms. The summed E-state index contributed by atoms with van der Waals surface area (Å²) in [5.41, 5.74) is 0. The van der Waals surface area contributed by atoms with Gasteiger partial charge in [-0.2, -0.15) is 0 Å². The van der Waals surface area contributed by atoms with Gasteiger partial charge in [-0.1, -0.05) is 12.8 Å². The van der Waals surface area contributed by atoms with Crippen LogP contribution in [0.4, 0.5) is 0 Å². The molecule has 0 saturated heterocycles. The molecule has 1 saturated carbocycles. The highest BCUT2D eigenvalue weighted by molar-refractivity contribution is 5.84. The van der Waals surface area contributed by atoms with Gasteiger partial charge in [0.2, 0.25) is 0 Å². The zero-order chi connectivity index (χ0) is 12.0. The number of hydrogen-bond acceptors (Lipinski definition) is 3. The molecule has 94 valence electrons. The van der Waals surface area contributed by atoms with E-state index >= 15 is 0 Å². The van der Waals surface area contributed by atoms with E-state index in [0.717, 1.165) is 38.8 Å². The number of ketones is 1. The summed E-state index contributed by atoms with van der Waals surface area (Å²) in [5, 5.41) is 0. The fourth-order valence-electron chi connectivity index (χ4n) is 2.40. The lowest BCUT2D eigenvalue weighted by molar-refractivity contribution is -0.123. The topological polar surface area (TPSA) is 23.6 Å². The van der Waals surface area contributed by atoms with Gasteiger partial charge in [0.05, 0.1) is 6.04 Å². The van der Waals surface area contributed by atoms with E-state index in [9.17, 15) is 4.79 Å². The molecule has 0 aromatic rings. The Morgan fingerprint density at radius 1 is 1.12 bits per heavy atom. The quantitative estimate of drug-likeness (QED) is 0.668. The second kappa shape index (κ2) is 7.02. The van der Waals surface area contributed by atoms with Crippen LogP contribution in [0.3, 0.4) is 0 Å². The van der Waals surface area contributed by atoms with Crippen molar-refractivity contribution < 1.29 is 4.79 Å². The van der Waals surface area contributed by atoms with Gasteiger partial charge in [0.1, 0.15) is 5.78 Å². The molecule has 0 amide bonds.